The summed E-state index contributed by atoms with van der Waals surface area (Å²) in [5, 5.41) is 9.76. The fraction of sp³-hybridized carbons (Fsp3) is 0. The van der Waals surface area contributed by atoms with Crippen LogP contribution in [0.5, 0.6) is 0 Å². The van der Waals surface area contributed by atoms with Gasteiger partial charge >= 0.3 is 0 Å². The van der Waals surface area contributed by atoms with Gasteiger partial charge in [-0.1, -0.05) is 146 Å². The molecule has 0 amide bonds. The number of fused-ring (bicyclic) bond motifs is 9. The second-order valence-electron chi connectivity index (χ2n) is 15.3. The molecular weight excluding hydrogens is 717 g/mol. The quantitative estimate of drug-likeness (QED) is 0.158. The molecule has 2 aromatic heterocycles. The molecule has 2 heterocycles. The number of aromatic nitrogens is 1. The third kappa shape index (κ3) is 5.44. The van der Waals surface area contributed by atoms with Gasteiger partial charge in [0, 0.05) is 44.2 Å². The van der Waals surface area contributed by atoms with Crippen LogP contribution in [0.1, 0.15) is 0 Å². The molecule has 3 heteroatoms. The topological polar surface area (TPSA) is 21.3 Å². The molecule has 0 unspecified atom stereocenters. The lowest BCUT2D eigenvalue weighted by Crippen LogP contribution is -2.10. The van der Waals surface area contributed by atoms with Gasteiger partial charge < -0.3 is 13.9 Å². The number of hydrogen-bond donors (Lipinski definition) is 0. The summed E-state index contributed by atoms with van der Waals surface area (Å²) in [6, 6.07) is 78.8. The first-order chi connectivity index (χ1) is 29.2. The molecule has 0 atom stereocenters. The van der Waals surface area contributed by atoms with Gasteiger partial charge in [-0.2, -0.15) is 0 Å². The van der Waals surface area contributed by atoms with Gasteiger partial charge in [0.2, 0.25) is 0 Å². The number of rotatable bonds is 6. The number of para-hydroxylation sites is 4. The van der Waals surface area contributed by atoms with E-state index in [-0.39, 0.29) is 0 Å². The van der Waals surface area contributed by atoms with Crippen molar-refractivity contribution in [2.24, 2.45) is 0 Å². The normalized spacial score (nSPS) is 11.7. The van der Waals surface area contributed by atoms with E-state index in [1.54, 1.807) is 0 Å². The van der Waals surface area contributed by atoms with Crippen LogP contribution in [0.25, 0.3) is 93.2 Å². The van der Waals surface area contributed by atoms with Gasteiger partial charge in [0.25, 0.3) is 0 Å². The van der Waals surface area contributed by atoms with Gasteiger partial charge in [0.05, 0.1) is 16.7 Å². The molecule has 0 aliphatic heterocycles. The molecule has 0 saturated heterocycles. The highest BCUT2D eigenvalue weighted by Crippen LogP contribution is 2.41. The van der Waals surface area contributed by atoms with E-state index in [1.807, 2.05) is 12.1 Å². The first kappa shape index (κ1) is 33.3. The van der Waals surface area contributed by atoms with Crippen molar-refractivity contribution in [2.75, 3.05) is 4.90 Å². The third-order valence-electron chi connectivity index (χ3n) is 12.0. The van der Waals surface area contributed by atoms with Crippen LogP contribution in [-0.4, -0.2) is 4.57 Å². The largest absolute Gasteiger partial charge is 0.456 e. The molecule has 0 fully saturated rings. The monoisotopic (exact) mass is 752 g/mol. The van der Waals surface area contributed by atoms with E-state index < -0.39 is 0 Å². The van der Waals surface area contributed by atoms with Crippen molar-refractivity contribution in [2.45, 2.75) is 0 Å². The summed E-state index contributed by atoms with van der Waals surface area (Å²) in [7, 11) is 0. The highest BCUT2D eigenvalue weighted by Gasteiger charge is 2.18. The van der Waals surface area contributed by atoms with Gasteiger partial charge in [-0.25, -0.2) is 0 Å². The zero-order valence-corrected chi connectivity index (χ0v) is 32.1. The number of anilines is 3. The fourth-order valence-electron chi connectivity index (χ4n) is 9.18. The molecule has 0 radical (unpaired) electrons. The van der Waals surface area contributed by atoms with Crippen molar-refractivity contribution in [3.05, 3.63) is 218 Å². The summed E-state index contributed by atoms with van der Waals surface area (Å²) in [5.74, 6) is 0. The Morgan fingerprint density at radius 1 is 0.322 bits per heavy atom. The van der Waals surface area contributed by atoms with Crippen LogP contribution in [0.15, 0.2) is 223 Å². The van der Waals surface area contributed by atoms with Crippen LogP contribution in [-0.2, 0) is 0 Å². The fourth-order valence-corrected chi connectivity index (χ4v) is 9.18. The molecule has 0 aliphatic rings. The number of benzene rings is 10. The van der Waals surface area contributed by atoms with Crippen molar-refractivity contribution in [1.82, 2.24) is 4.57 Å². The highest BCUT2D eigenvalue weighted by molar-refractivity contribution is 6.11. The highest BCUT2D eigenvalue weighted by atomic mass is 16.3. The second-order valence-corrected chi connectivity index (χ2v) is 15.3. The van der Waals surface area contributed by atoms with E-state index in [1.165, 1.54) is 48.9 Å². The second kappa shape index (κ2) is 13.4. The summed E-state index contributed by atoms with van der Waals surface area (Å²) in [5.41, 5.74) is 13.2. The molecule has 0 N–H and O–H groups in total. The van der Waals surface area contributed by atoms with Crippen LogP contribution < -0.4 is 4.90 Å². The Balaban J connectivity index is 0.967. The van der Waals surface area contributed by atoms with Gasteiger partial charge in [0.1, 0.15) is 11.2 Å². The molecular formula is C56H36N2O. The van der Waals surface area contributed by atoms with Gasteiger partial charge in [-0.15, -0.1) is 0 Å². The maximum absolute atomic E-state index is 6.25. The predicted molar refractivity (Wildman–Crippen MR) is 249 cm³/mol. The Morgan fingerprint density at radius 3 is 1.61 bits per heavy atom. The lowest BCUT2D eigenvalue weighted by molar-refractivity contribution is 0.669. The lowest BCUT2D eigenvalue weighted by atomic mass is 10.00. The van der Waals surface area contributed by atoms with Crippen LogP contribution in [0.3, 0.4) is 0 Å². The minimum absolute atomic E-state index is 0.901. The predicted octanol–water partition coefficient (Wildman–Crippen LogP) is 15.8. The van der Waals surface area contributed by atoms with Crippen LogP contribution in [0, 0.1) is 0 Å². The number of nitrogens with zero attached hydrogens (tertiary/aromatic N) is 2. The maximum atomic E-state index is 6.25. The van der Waals surface area contributed by atoms with Gasteiger partial charge in [-0.05, 0) is 111 Å². The molecule has 12 aromatic rings. The van der Waals surface area contributed by atoms with Crippen LogP contribution >= 0.6 is 0 Å². The van der Waals surface area contributed by atoms with E-state index in [2.05, 4.69) is 216 Å². The number of furan rings is 1. The lowest BCUT2D eigenvalue weighted by Gasteiger charge is -2.26. The molecule has 12 rings (SSSR count). The van der Waals surface area contributed by atoms with Crippen molar-refractivity contribution in [3.63, 3.8) is 0 Å². The standard InChI is InChI=1S/C56H36N2O/c1-2-12-45-38(11-1)21-22-41-35-44(32-34-46(41)45)57(42-28-23-37(24-29-42)40-27-33-51-50-16-6-10-20-55(50)59-56(51)36-40)43-30-25-39(26-31-43)47-13-3-7-17-52(47)58-53-18-8-4-14-48(53)49-15-5-9-19-54(49)58/h1-36H. The summed E-state index contributed by atoms with van der Waals surface area (Å²) in [4.78, 5) is 2.36. The van der Waals surface area contributed by atoms with Gasteiger partial charge in [0.15, 0.2) is 0 Å². The summed E-state index contributed by atoms with van der Waals surface area (Å²) in [6.45, 7) is 0. The maximum Gasteiger partial charge on any atom is 0.136 e. The molecule has 276 valence electrons. The average Bonchev–Trinajstić information content (AvgIpc) is 3.85. The zero-order chi connectivity index (χ0) is 38.9. The Bertz CT molecular complexity index is 3500. The first-order valence-corrected chi connectivity index (χ1v) is 20.2. The average molecular weight is 753 g/mol. The Hall–Kier alpha value is -7.88. The third-order valence-corrected chi connectivity index (χ3v) is 12.0. The molecule has 0 saturated carbocycles. The van der Waals surface area contributed by atoms with Crippen LogP contribution in [0.4, 0.5) is 17.1 Å². The minimum atomic E-state index is 0.901. The van der Waals surface area contributed by atoms with Crippen molar-refractivity contribution < 1.29 is 4.42 Å². The Morgan fingerprint density at radius 2 is 0.847 bits per heavy atom. The zero-order valence-electron chi connectivity index (χ0n) is 32.1. The molecule has 3 nitrogen and oxygen atoms in total. The SMILES string of the molecule is c1ccc(-n2c3ccccc3c3ccccc32)c(-c2ccc(N(c3ccc(-c4ccc5c(c4)oc4ccccc45)cc3)c3ccc4c(ccc5ccccc54)c3)cc2)c1. The van der Waals surface area contributed by atoms with Crippen molar-refractivity contribution in [1.29, 1.82) is 0 Å². The first-order valence-electron chi connectivity index (χ1n) is 20.2. The minimum Gasteiger partial charge on any atom is -0.456 e. The van der Waals surface area contributed by atoms with E-state index in [4.69, 9.17) is 4.42 Å². The van der Waals surface area contributed by atoms with E-state index >= 15 is 0 Å². The molecule has 0 spiro atoms. The Kier molecular flexibility index (Phi) is 7.54. The molecule has 0 aliphatic carbocycles. The molecule has 59 heavy (non-hydrogen) atoms. The smallest absolute Gasteiger partial charge is 0.136 e. The molecule has 0 bridgehead atoms. The van der Waals surface area contributed by atoms with E-state index in [0.29, 0.717) is 0 Å². The summed E-state index contributed by atoms with van der Waals surface area (Å²) < 4.78 is 8.66. The summed E-state index contributed by atoms with van der Waals surface area (Å²) >= 11 is 0. The van der Waals surface area contributed by atoms with E-state index in [0.717, 1.165) is 61.4 Å². The Labute approximate surface area is 341 Å². The van der Waals surface area contributed by atoms with Gasteiger partial charge in [-0.3, -0.25) is 0 Å². The van der Waals surface area contributed by atoms with Crippen molar-refractivity contribution in [3.8, 4) is 27.9 Å². The number of hydrogen-bond acceptors (Lipinski definition) is 2. The van der Waals surface area contributed by atoms with Crippen LogP contribution in [0.2, 0.25) is 0 Å². The van der Waals surface area contributed by atoms with Crippen molar-refractivity contribution >= 4 is 82.4 Å². The summed E-state index contributed by atoms with van der Waals surface area (Å²) in [6.07, 6.45) is 0. The molecule has 10 aromatic carbocycles. The van der Waals surface area contributed by atoms with E-state index in [9.17, 15) is 0 Å².